The van der Waals surface area contributed by atoms with Gasteiger partial charge in [0.25, 0.3) is 0 Å². The third-order valence-electron chi connectivity index (χ3n) is 1.71. The SMILES string of the molecule is O=C([O-])CC[C@@H]1NC(=O)CNC1=O. The number of hydrogen-bond donors (Lipinski definition) is 2. The van der Waals surface area contributed by atoms with Gasteiger partial charge < -0.3 is 20.5 Å². The van der Waals surface area contributed by atoms with Crippen LogP contribution in [0.4, 0.5) is 0 Å². The van der Waals surface area contributed by atoms with E-state index < -0.39 is 12.0 Å². The van der Waals surface area contributed by atoms with E-state index in [1.54, 1.807) is 0 Å². The molecule has 0 aromatic carbocycles. The summed E-state index contributed by atoms with van der Waals surface area (Å²) in [6, 6.07) is -0.737. The molecule has 1 heterocycles. The molecule has 0 radical (unpaired) electrons. The lowest BCUT2D eigenvalue weighted by Gasteiger charge is -2.22. The highest BCUT2D eigenvalue weighted by Gasteiger charge is 2.24. The summed E-state index contributed by atoms with van der Waals surface area (Å²) in [7, 11) is 0. The van der Waals surface area contributed by atoms with Crippen LogP contribution in [0.1, 0.15) is 12.8 Å². The fourth-order valence-electron chi connectivity index (χ4n) is 1.07. The van der Waals surface area contributed by atoms with E-state index in [-0.39, 0.29) is 31.2 Å². The zero-order valence-electron chi connectivity index (χ0n) is 6.83. The fraction of sp³-hybridized carbons (Fsp3) is 0.571. The first kappa shape index (κ1) is 9.50. The van der Waals surface area contributed by atoms with Crippen molar-refractivity contribution >= 4 is 17.8 Å². The van der Waals surface area contributed by atoms with E-state index in [1.165, 1.54) is 0 Å². The van der Waals surface area contributed by atoms with Crippen LogP contribution in [0, 0.1) is 0 Å². The zero-order valence-corrected chi connectivity index (χ0v) is 6.83. The largest absolute Gasteiger partial charge is 0.550 e. The predicted molar refractivity (Wildman–Crippen MR) is 39.2 cm³/mol. The minimum Gasteiger partial charge on any atom is -0.550 e. The monoisotopic (exact) mass is 185 g/mol. The van der Waals surface area contributed by atoms with Gasteiger partial charge in [-0.2, -0.15) is 0 Å². The number of amides is 2. The van der Waals surface area contributed by atoms with Gasteiger partial charge in [-0.1, -0.05) is 0 Å². The van der Waals surface area contributed by atoms with E-state index in [4.69, 9.17) is 0 Å². The van der Waals surface area contributed by atoms with E-state index in [9.17, 15) is 19.5 Å². The van der Waals surface area contributed by atoms with Gasteiger partial charge in [0.1, 0.15) is 6.04 Å². The number of piperazine rings is 1. The maximum Gasteiger partial charge on any atom is 0.243 e. The number of aliphatic carboxylic acids is 1. The molecule has 1 aliphatic rings. The van der Waals surface area contributed by atoms with Crippen molar-refractivity contribution in [2.24, 2.45) is 0 Å². The van der Waals surface area contributed by atoms with Crippen LogP contribution in [0.2, 0.25) is 0 Å². The molecule has 72 valence electrons. The Balaban J connectivity index is 2.42. The summed E-state index contributed by atoms with van der Waals surface area (Å²) < 4.78 is 0. The number of carbonyl (C=O) groups is 3. The van der Waals surface area contributed by atoms with Crippen molar-refractivity contribution in [1.82, 2.24) is 10.6 Å². The highest BCUT2D eigenvalue weighted by molar-refractivity contribution is 5.94. The Labute approximate surface area is 74.3 Å². The number of carbonyl (C=O) groups excluding carboxylic acids is 3. The molecule has 1 rings (SSSR count). The number of nitrogens with one attached hydrogen (secondary N) is 2. The van der Waals surface area contributed by atoms with Crippen molar-refractivity contribution in [1.29, 1.82) is 0 Å². The molecule has 0 aliphatic carbocycles. The second kappa shape index (κ2) is 3.88. The Bertz CT molecular complexity index is 251. The highest BCUT2D eigenvalue weighted by Crippen LogP contribution is 1.99. The van der Waals surface area contributed by atoms with E-state index in [0.717, 1.165) is 0 Å². The second-order valence-corrected chi connectivity index (χ2v) is 2.75. The molecule has 6 nitrogen and oxygen atoms in total. The minimum atomic E-state index is -1.23. The molecule has 2 amide bonds. The van der Waals surface area contributed by atoms with E-state index in [1.807, 2.05) is 0 Å². The lowest BCUT2D eigenvalue weighted by Crippen LogP contribution is -2.56. The summed E-state index contributed by atoms with van der Waals surface area (Å²) in [5.41, 5.74) is 0. The van der Waals surface area contributed by atoms with Gasteiger partial charge in [0, 0.05) is 5.97 Å². The van der Waals surface area contributed by atoms with Gasteiger partial charge >= 0.3 is 0 Å². The molecule has 1 aliphatic heterocycles. The van der Waals surface area contributed by atoms with Gasteiger partial charge in [0.05, 0.1) is 6.54 Å². The van der Waals surface area contributed by atoms with Crippen LogP contribution in [-0.4, -0.2) is 30.4 Å². The molecular weight excluding hydrogens is 176 g/mol. The number of carboxylic acids is 1. The Morgan fingerprint density at radius 2 is 2.23 bits per heavy atom. The summed E-state index contributed by atoms with van der Waals surface area (Å²) in [5.74, 6) is -1.88. The van der Waals surface area contributed by atoms with Gasteiger partial charge in [-0.3, -0.25) is 9.59 Å². The average molecular weight is 185 g/mol. The van der Waals surface area contributed by atoms with E-state index in [0.29, 0.717) is 0 Å². The molecule has 0 unspecified atom stereocenters. The molecule has 6 heteroatoms. The summed E-state index contributed by atoms with van der Waals surface area (Å²) in [6.45, 7) is -0.0410. The lowest BCUT2D eigenvalue weighted by atomic mass is 10.1. The van der Waals surface area contributed by atoms with Gasteiger partial charge in [-0.05, 0) is 12.8 Å². The van der Waals surface area contributed by atoms with Crippen molar-refractivity contribution in [3.8, 4) is 0 Å². The van der Waals surface area contributed by atoms with Crippen LogP contribution in [0.3, 0.4) is 0 Å². The zero-order chi connectivity index (χ0) is 9.84. The summed E-state index contributed by atoms with van der Waals surface area (Å²) in [6.07, 6.45) is -0.168. The molecule has 0 aromatic rings. The van der Waals surface area contributed by atoms with Crippen LogP contribution < -0.4 is 15.7 Å². The van der Waals surface area contributed by atoms with Crippen molar-refractivity contribution in [2.75, 3.05) is 6.54 Å². The maximum absolute atomic E-state index is 11.0. The normalized spacial score (nSPS) is 22.0. The van der Waals surface area contributed by atoms with Gasteiger partial charge in [-0.25, -0.2) is 0 Å². The first-order valence-corrected chi connectivity index (χ1v) is 3.86. The van der Waals surface area contributed by atoms with Crippen molar-refractivity contribution in [3.63, 3.8) is 0 Å². The number of carboxylic acid groups (broad SMARTS) is 1. The van der Waals surface area contributed by atoms with Crippen molar-refractivity contribution in [2.45, 2.75) is 18.9 Å². The van der Waals surface area contributed by atoms with Crippen LogP contribution >= 0.6 is 0 Å². The standard InChI is InChI=1S/C7H10N2O4/c10-5-3-8-7(13)4(9-5)1-2-6(11)12/h4H,1-3H2,(H,8,13)(H,9,10)(H,11,12)/p-1/t4-/m0/s1. The smallest absolute Gasteiger partial charge is 0.243 e. The summed E-state index contributed by atoms with van der Waals surface area (Å²) in [4.78, 5) is 31.9. The highest BCUT2D eigenvalue weighted by atomic mass is 16.4. The molecule has 1 fully saturated rings. The maximum atomic E-state index is 11.0. The Kier molecular flexibility index (Phi) is 2.84. The van der Waals surface area contributed by atoms with Crippen LogP contribution in [0.15, 0.2) is 0 Å². The van der Waals surface area contributed by atoms with Gasteiger partial charge in [-0.15, -0.1) is 0 Å². The Morgan fingerprint density at radius 1 is 1.54 bits per heavy atom. The van der Waals surface area contributed by atoms with Crippen molar-refractivity contribution in [3.05, 3.63) is 0 Å². The van der Waals surface area contributed by atoms with Crippen LogP contribution in [-0.2, 0) is 14.4 Å². The topological polar surface area (TPSA) is 98.3 Å². The molecule has 13 heavy (non-hydrogen) atoms. The summed E-state index contributed by atoms with van der Waals surface area (Å²) >= 11 is 0. The third-order valence-corrected chi connectivity index (χ3v) is 1.71. The Morgan fingerprint density at radius 3 is 2.85 bits per heavy atom. The molecular formula is C7H9N2O4-. The van der Waals surface area contributed by atoms with Crippen LogP contribution in [0.25, 0.3) is 0 Å². The first-order chi connectivity index (χ1) is 6.09. The Hall–Kier alpha value is -1.59. The predicted octanol–water partition coefficient (Wildman–Crippen LogP) is -2.87. The van der Waals surface area contributed by atoms with Gasteiger partial charge in [0.15, 0.2) is 0 Å². The molecule has 1 atom stereocenters. The molecule has 0 saturated carbocycles. The minimum absolute atomic E-state index is 0.0410. The van der Waals surface area contributed by atoms with Crippen LogP contribution in [0.5, 0.6) is 0 Å². The average Bonchev–Trinajstić information content (AvgIpc) is 2.06. The molecule has 0 bridgehead atoms. The lowest BCUT2D eigenvalue weighted by molar-refractivity contribution is -0.305. The third kappa shape index (κ3) is 2.73. The fourth-order valence-corrected chi connectivity index (χ4v) is 1.07. The van der Waals surface area contributed by atoms with Gasteiger partial charge in [0.2, 0.25) is 11.8 Å². The molecule has 0 spiro atoms. The summed E-state index contributed by atoms with van der Waals surface area (Å²) in [5, 5.41) is 14.8. The number of rotatable bonds is 3. The first-order valence-electron chi connectivity index (χ1n) is 3.86. The van der Waals surface area contributed by atoms with E-state index in [2.05, 4.69) is 10.6 Å². The second-order valence-electron chi connectivity index (χ2n) is 2.75. The molecule has 0 aromatic heterocycles. The van der Waals surface area contributed by atoms with E-state index >= 15 is 0 Å². The van der Waals surface area contributed by atoms with Crippen molar-refractivity contribution < 1.29 is 19.5 Å². The molecule has 2 N–H and O–H groups in total. The number of hydrogen-bond acceptors (Lipinski definition) is 4. The quantitative estimate of drug-likeness (QED) is 0.493. The molecule has 1 saturated heterocycles.